The zero-order valence-corrected chi connectivity index (χ0v) is 8.42. The van der Waals surface area contributed by atoms with Gasteiger partial charge in [0.2, 0.25) is 5.78 Å². The summed E-state index contributed by atoms with van der Waals surface area (Å²) in [6.45, 7) is 4.61. The number of carbonyl (C=O) groups excluding carboxylic acids is 3. The lowest BCUT2D eigenvalue weighted by Crippen LogP contribution is -2.39. The third kappa shape index (κ3) is 5.99. The Morgan fingerprint density at radius 1 is 1.29 bits per heavy atom. The Hall–Kier alpha value is -1.59. The number of amides is 2. The lowest BCUT2D eigenvalue weighted by molar-refractivity contribution is -0.135. The summed E-state index contributed by atoms with van der Waals surface area (Å²) in [5.74, 6) is -1.95. The van der Waals surface area contributed by atoms with E-state index in [0.717, 1.165) is 0 Å². The van der Waals surface area contributed by atoms with Gasteiger partial charge in [0.25, 0.3) is 5.91 Å². The van der Waals surface area contributed by atoms with Gasteiger partial charge in [-0.1, -0.05) is 0 Å². The molecule has 0 atom stereocenters. The lowest BCUT2D eigenvalue weighted by atomic mass is 10.2. The number of alkyl carbamates (subject to hydrolysis) is 1. The molecule has 0 unspecified atom stereocenters. The van der Waals surface area contributed by atoms with Crippen molar-refractivity contribution in [3.05, 3.63) is 0 Å². The molecule has 0 bridgehead atoms. The van der Waals surface area contributed by atoms with Gasteiger partial charge in [-0.3, -0.25) is 9.59 Å². The van der Waals surface area contributed by atoms with E-state index in [1.54, 1.807) is 20.8 Å². The number of Topliss-reactive ketones (excluding diaryl/α,β-unsaturated/α-hetero) is 1. The van der Waals surface area contributed by atoms with Crippen LogP contribution in [0.5, 0.6) is 0 Å². The number of hydrogen-bond acceptors (Lipinski definition) is 4. The maximum atomic E-state index is 10.9. The van der Waals surface area contributed by atoms with Crippen LogP contribution in [0.15, 0.2) is 0 Å². The molecule has 6 heteroatoms. The van der Waals surface area contributed by atoms with Gasteiger partial charge in [0.1, 0.15) is 5.60 Å². The van der Waals surface area contributed by atoms with Crippen LogP contribution in [0.3, 0.4) is 0 Å². The van der Waals surface area contributed by atoms with Crippen LogP contribution >= 0.6 is 0 Å². The average molecular weight is 202 g/mol. The number of nitrogens with two attached hydrogens (primary N) is 1. The van der Waals surface area contributed by atoms with E-state index in [1.165, 1.54) is 0 Å². The molecule has 3 N–H and O–H groups in total. The fraction of sp³-hybridized carbons (Fsp3) is 0.625. The molecular weight excluding hydrogens is 188 g/mol. The first kappa shape index (κ1) is 12.4. The molecule has 0 aliphatic rings. The molecule has 0 aromatic carbocycles. The monoisotopic (exact) mass is 202 g/mol. The van der Waals surface area contributed by atoms with Gasteiger partial charge in [0.05, 0.1) is 6.54 Å². The van der Waals surface area contributed by atoms with Crippen molar-refractivity contribution in [2.45, 2.75) is 26.4 Å². The van der Waals surface area contributed by atoms with E-state index >= 15 is 0 Å². The maximum Gasteiger partial charge on any atom is 0.408 e. The number of primary amides is 1. The maximum absolute atomic E-state index is 10.9. The van der Waals surface area contributed by atoms with E-state index in [9.17, 15) is 14.4 Å². The number of carbonyl (C=O) groups is 3. The first-order valence-electron chi connectivity index (χ1n) is 4.02. The van der Waals surface area contributed by atoms with E-state index in [4.69, 9.17) is 4.74 Å². The van der Waals surface area contributed by atoms with Crippen LogP contribution in [0, 0.1) is 0 Å². The molecule has 6 nitrogen and oxygen atoms in total. The SMILES string of the molecule is CC(C)(C)OC(=O)NCC(=O)C(N)=O. The van der Waals surface area contributed by atoms with Crippen molar-refractivity contribution < 1.29 is 19.1 Å². The molecule has 0 aliphatic heterocycles. The summed E-state index contributed by atoms with van der Waals surface area (Å²) in [5, 5.41) is 2.11. The van der Waals surface area contributed by atoms with Gasteiger partial charge in [0, 0.05) is 0 Å². The summed E-state index contributed by atoms with van der Waals surface area (Å²) in [5.41, 5.74) is 4.03. The number of ether oxygens (including phenoxy) is 1. The van der Waals surface area contributed by atoms with Crippen LogP contribution < -0.4 is 11.1 Å². The Bertz CT molecular complexity index is 255. The first-order valence-corrected chi connectivity index (χ1v) is 4.02. The van der Waals surface area contributed by atoms with Crippen molar-refractivity contribution in [3.8, 4) is 0 Å². The van der Waals surface area contributed by atoms with E-state index in [2.05, 4.69) is 11.1 Å². The zero-order valence-electron chi connectivity index (χ0n) is 8.42. The second-order valence-electron chi connectivity index (χ2n) is 3.64. The summed E-state index contributed by atoms with van der Waals surface area (Å²) in [6.07, 6.45) is -0.757. The molecule has 0 aliphatic carbocycles. The van der Waals surface area contributed by atoms with Crippen LogP contribution in [0.4, 0.5) is 4.79 Å². The standard InChI is InChI=1S/C8H14N2O4/c1-8(2,3)14-7(13)10-4-5(11)6(9)12/h4H2,1-3H3,(H2,9,12)(H,10,13). The van der Waals surface area contributed by atoms with Gasteiger partial charge >= 0.3 is 6.09 Å². The molecule has 0 aromatic heterocycles. The van der Waals surface area contributed by atoms with Gasteiger partial charge in [-0.25, -0.2) is 4.79 Å². The summed E-state index contributed by atoms with van der Waals surface area (Å²) < 4.78 is 4.81. The third-order valence-electron chi connectivity index (χ3n) is 1.07. The highest BCUT2D eigenvalue weighted by Gasteiger charge is 2.17. The predicted molar refractivity (Wildman–Crippen MR) is 48.4 cm³/mol. The van der Waals surface area contributed by atoms with Crippen molar-refractivity contribution >= 4 is 17.8 Å². The number of ketones is 1. The smallest absolute Gasteiger partial charge is 0.408 e. The Morgan fingerprint density at radius 3 is 2.14 bits per heavy atom. The minimum atomic E-state index is -1.08. The van der Waals surface area contributed by atoms with E-state index in [-0.39, 0.29) is 0 Å². The van der Waals surface area contributed by atoms with Crippen LogP contribution in [0.1, 0.15) is 20.8 Å². The molecule has 0 saturated carbocycles. The molecule has 0 fully saturated rings. The van der Waals surface area contributed by atoms with Gasteiger partial charge in [0.15, 0.2) is 0 Å². The van der Waals surface area contributed by atoms with E-state index in [1.807, 2.05) is 0 Å². The molecule has 80 valence electrons. The molecule has 14 heavy (non-hydrogen) atoms. The van der Waals surface area contributed by atoms with Crippen molar-refractivity contribution in [1.82, 2.24) is 5.32 Å². The van der Waals surface area contributed by atoms with Crippen LogP contribution in [0.25, 0.3) is 0 Å². The number of hydrogen-bond donors (Lipinski definition) is 2. The van der Waals surface area contributed by atoms with Crippen molar-refractivity contribution in [1.29, 1.82) is 0 Å². The molecule has 0 radical (unpaired) electrons. The second-order valence-corrected chi connectivity index (χ2v) is 3.64. The van der Waals surface area contributed by atoms with E-state index < -0.39 is 29.9 Å². The minimum Gasteiger partial charge on any atom is -0.444 e. The van der Waals surface area contributed by atoms with Gasteiger partial charge in [-0.05, 0) is 20.8 Å². The molecule has 0 heterocycles. The summed E-state index contributed by atoms with van der Waals surface area (Å²) >= 11 is 0. The first-order chi connectivity index (χ1) is 6.22. The van der Waals surface area contributed by atoms with Gasteiger partial charge in [-0.15, -0.1) is 0 Å². The summed E-state index contributed by atoms with van der Waals surface area (Å²) in [6, 6.07) is 0. The van der Waals surface area contributed by atoms with Gasteiger partial charge < -0.3 is 15.8 Å². The Kier molecular flexibility index (Phi) is 4.07. The normalized spacial score (nSPS) is 10.5. The Balaban J connectivity index is 3.87. The highest BCUT2D eigenvalue weighted by atomic mass is 16.6. The quantitative estimate of drug-likeness (QED) is 0.606. The third-order valence-corrected chi connectivity index (χ3v) is 1.07. The van der Waals surface area contributed by atoms with Crippen molar-refractivity contribution in [2.75, 3.05) is 6.54 Å². The highest BCUT2D eigenvalue weighted by Crippen LogP contribution is 2.05. The summed E-state index contributed by atoms with van der Waals surface area (Å²) in [4.78, 5) is 31.9. The molecule has 2 amide bonds. The average Bonchev–Trinajstić information content (AvgIpc) is 1.96. The van der Waals surface area contributed by atoms with E-state index in [0.29, 0.717) is 0 Å². The number of rotatable bonds is 3. The highest BCUT2D eigenvalue weighted by molar-refractivity contribution is 6.36. The zero-order chi connectivity index (χ0) is 11.4. The Labute approximate surface area is 81.8 Å². The van der Waals surface area contributed by atoms with Crippen molar-refractivity contribution in [2.24, 2.45) is 5.73 Å². The molecule has 0 rings (SSSR count). The fourth-order valence-electron chi connectivity index (χ4n) is 0.554. The summed E-state index contributed by atoms with van der Waals surface area (Å²) in [7, 11) is 0. The topological polar surface area (TPSA) is 98.5 Å². The number of nitrogens with one attached hydrogen (secondary N) is 1. The second kappa shape index (κ2) is 4.59. The lowest BCUT2D eigenvalue weighted by Gasteiger charge is -2.19. The fourth-order valence-corrected chi connectivity index (χ4v) is 0.554. The molecule has 0 aromatic rings. The van der Waals surface area contributed by atoms with Crippen LogP contribution in [-0.4, -0.2) is 29.9 Å². The van der Waals surface area contributed by atoms with Crippen LogP contribution in [0.2, 0.25) is 0 Å². The van der Waals surface area contributed by atoms with Crippen molar-refractivity contribution in [3.63, 3.8) is 0 Å². The Morgan fingerprint density at radius 2 is 1.79 bits per heavy atom. The van der Waals surface area contributed by atoms with Gasteiger partial charge in [-0.2, -0.15) is 0 Å². The molecular formula is C8H14N2O4. The minimum absolute atomic E-state index is 0.440. The predicted octanol–water partition coefficient (Wildman–Crippen LogP) is -0.434. The molecule has 0 spiro atoms. The van der Waals surface area contributed by atoms with Crippen LogP contribution in [-0.2, 0) is 14.3 Å². The molecule has 0 saturated heterocycles. The largest absolute Gasteiger partial charge is 0.444 e.